The van der Waals surface area contributed by atoms with E-state index < -0.39 is 0 Å². The van der Waals surface area contributed by atoms with Crippen LogP contribution >= 0.6 is 11.3 Å². The Morgan fingerprint density at radius 1 is 1.20 bits per heavy atom. The second kappa shape index (κ2) is 6.67. The maximum atomic E-state index is 5.45. The van der Waals surface area contributed by atoms with Gasteiger partial charge in [-0.25, -0.2) is 15.8 Å². The van der Waals surface area contributed by atoms with Crippen LogP contribution in [0.5, 0.6) is 0 Å². The van der Waals surface area contributed by atoms with E-state index in [-0.39, 0.29) is 5.92 Å². The largest absolute Gasteiger partial charge is 0.365 e. The molecule has 0 bridgehead atoms. The van der Waals surface area contributed by atoms with E-state index in [9.17, 15) is 0 Å². The van der Waals surface area contributed by atoms with Crippen molar-refractivity contribution in [2.24, 2.45) is 5.84 Å². The van der Waals surface area contributed by atoms with E-state index in [4.69, 9.17) is 5.84 Å². The topological polar surface area (TPSA) is 75.9 Å². The average molecular weight is 291 g/mol. The lowest BCUT2D eigenvalue weighted by molar-refractivity contribution is 0.775. The van der Waals surface area contributed by atoms with Crippen LogP contribution in [0, 0.1) is 0 Å². The number of nitrogen functional groups attached to an aromatic ring is 1. The third-order valence-electron chi connectivity index (χ3n) is 2.92. The molecule has 4 N–H and O–H groups in total. The van der Waals surface area contributed by atoms with Crippen molar-refractivity contribution in [1.29, 1.82) is 0 Å². The molecule has 0 saturated carbocycles. The van der Waals surface area contributed by atoms with Crippen LogP contribution in [0.4, 0.5) is 11.6 Å². The summed E-state index contributed by atoms with van der Waals surface area (Å²) in [6, 6.07) is 6.15. The first-order valence-corrected chi connectivity index (χ1v) is 7.61. The van der Waals surface area contributed by atoms with Gasteiger partial charge in [0.15, 0.2) is 0 Å². The molecule has 2 heterocycles. The van der Waals surface area contributed by atoms with Crippen LogP contribution < -0.4 is 16.6 Å². The predicted molar refractivity (Wildman–Crippen MR) is 85.0 cm³/mol. The molecule has 2 aromatic rings. The SMILES string of the molecule is CCc1ccc(CNc2cc(NN)nc(C(C)C)n2)s1. The lowest BCUT2D eigenvalue weighted by Gasteiger charge is -2.10. The van der Waals surface area contributed by atoms with Gasteiger partial charge in [-0.2, -0.15) is 0 Å². The molecule has 0 amide bonds. The summed E-state index contributed by atoms with van der Waals surface area (Å²) in [5.41, 5.74) is 2.59. The van der Waals surface area contributed by atoms with Crippen molar-refractivity contribution in [2.45, 2.75) is 39.7 Å². The zero-order chi connectivity index (χ0) is 14.5. The summed E-state index contributed by atoms with van der Waals surface area (Å²) >= 11 is 1.83. The molecule has 6 heteroatoms. The normalized spacial score (nSPS) is 10.8. The second-order valence-electron chi connectivity index (χ2n) is 4.87. The Balaban J connectivity index is 2.10. The number of nitrogens with two attached hydrogens (primary N) is 1. The first-order chi connectivity index (χ1) is 9.62. The van der Waals surface area contributed by atoms with Crippen molar-refractivity contribution >= 4 is 23.0 Å². The zero-order valence-electron chi connectivity index (χ0n) is 12.1. The van der Waals surface area contributed by atoms with Crippen molar-refractivity contribution in [3.05, 3.63) is 33.8 Å². The number of nitrogens with zero attached hydrogens (tertiary/aromatic N) is 2. The Labute approximate surface area is 123 Å². The molecule has 5 nitrogen and oxygen atoms in total. The Kier molecular flexibility index (Phi) is 4.92. The molecule has 0 saturated heterocycles. The number of hydrogen-bond acceptors (Lipinski definition) is 6. The van der Waals surface area contributed by atoms with Gasteiger partial charge in [0.2, 0.25) is 0 Å². The van der Waals surface area contributed by atoms with Crippen LogP contribution in [-0.4, -0.2) is 9.97 Å². The predicted octanol–water partition coefficient (Wildman–Crippen LogP) is 3.12. The molecule has 0 aliphatic heterocycles. The van der Waals surface area contributed by atoms with Crippen molar-refractivity contribution in [1.82, 2.24) is 9.97 Å². The van der Waals surface area contributed by atoms with E-state index in [0.717, 1.165) is 24.6 Å². The highest BCUT2D eigenvalue weighted by Crippen LogP contribution is 2.20. The molecule has 108 valence electrons. The van der Waals surface area contributed by atoms with Gasteiger partial charge in [-0.3, -0.25) is 0 Å². The molecule has 0 radical (unpaired) electrons. The van der Waals surface area contributed by atoms with Gasteiger partial charge < -0.3 is 10.7 Å². The Hall–Kier alpha value is -1.66. The van der Waals surface area contributed by atoms with Gasteiger partial charge in [-0.1, -0.05) is 20.8 Å². The molecular weight excluding hydrogens is 270 g/mol. The van der Waals surface area contributed by atoms with Crippen LogP contribution in [-0.2, 0) is 13.0 Å². The fraction of sp³-hybridized carbons (Fsp3) is 0.429. The summed E-state index contributed by atoms with van der Waals surface area (Å²) in [5.74, 6) is 7.92. The number of aromatic nitrogens is 2. The minimum Gasteiger partial charge on any atom is -0.365 e. The van der Waals surface area contributed by atoms with Gasteiger partial charge in [0.05, 0.1) is 6.54 Å². The fourth-order valence-corrected chi connectivity index (χ4v) is 2.67. The molecule has 2 aromatic heterocycles. The highest BCUT2D eigenvalue weighted by atomic mass is 32.1. The number of anilines is 2. The molecular formula is C14H21N5S. The molecule has 0 atom stereocenters. The van der Waals surface area contributed by atoms with Gasteiger partial charge in [0.25, 0.3) is 0 Å². The number of hydrogen-bond donors (Lipinski definition) is 3. The molecule has 0 aliphatic rings. The quantitative estimate of drug-likeness (QED) is 0.563. The van der Waals surface area contributed by atoms with Crippen molar-refractivity contribution in [3.63, 3.8) is 0 Å². The third-order valence-corrected chi connectivity index (χ3v) is 4.15. The van der Waals surface area contributed by atoms with Crippen molar-refractivity contribution < 1.29 is 0 Å². The second-order valence-corrected chi connectivity index (χ2v) is 6.12. The minimum absolute atomic E-state index is 0.261. The molecule has 0 fully saturated rings. The van der Waals surface area contributed by atoms with E-state index in [0.29, 0.717) is 5.82 Å². The summed E-state index contributed by atoms with van der Waals surface area (Å²) in [5, 5.41) is 3.33. The maximum absolute atomic E-state index is 5.45. The molecule has 0 aliphatic carbocycles. The lowest BCUT2D eigenvalue weighted by Crippen LogP contribution is -2.12. The van der Waals surface area contributed by atoms with E-state index in [1.807, 2.05) is 17.4 Å². The Bertz CT molecular complexity index is 564. The zero-order valence-corrected chi connectivity index (χ0v) is 12.9. The first-order valence-electron chi connectivity index (χ1n) is 6.79. The standard InChI is InChI=1S/C14H21N5S/c1-4-10-5-6-11(20-10)8-16-12-7-13(19-15)18-14(17-12)9(2)3/h5-7,9H,4,8,15H2,1-3H3,(H2,16,17,18,19). The van der Waals surface area contributed by atoms with Crippen LogP contribution in [0.1, 0.15) is 42.3 Å². The maximum Gasteiger partial charge on any atom is 0.145 e. The van der Waals surface area contributed by atoms with Crippen LogP contribution in [0.15, 0.2) is 18.2 Å². The number of thiophene rings is 1. The average Bonchev–Trinajstić information content (AvgIpc) is 2.92. The molecule has 0 spiro atoms. The van der Waals surface area contributed by atoms with Crippen LogP contribution in [0.2, 0.25) is 0 Å². The number of hydrazine groups is 1. The van der Waals surface area contributed by atoms with E-state index in [1.165, 1.54) is 9.75 Å². The summed E-state index contributed by atoms with van der Waals surface area (Å²) < 4.78 is 0. The molecule has 0 aromatic carbocycles. The molecule has 2 rings (SSSR count). The highest BCUT2D eigenvalue weighted by molar-refractivity contribution is 7.12. The lowest BCUT2D eigenvalue weighted by atomic mass is 10.2. The number of rotatable bonds is 6. The first kappa shape index (κ1) is 14.7. The monoisotopic (exact) mass is 291 g/mol. The van der Waals surface area contributed by atoms with E-state index >= 15 is 0 Å². The Morgan fingerprint density at radius 3 is 2.50 bits per heavy atom. The van der Waals surface area contributed by atoms with E-state index in [1.54, 1.807) is 0 Å². The van der Waals surface area contributed by atoms with Crippen molar-refractivity contribution in [2.75, 3.05) is 10.7 Å². The third kappa shape index (κ3) is 3.68. The van der Waals surface area contributed by atoms with Gasteiger partial charge in [0.1, 0.15) is 17.5 Å². The molecule has 0 unspecified atom stereocenters. The summed E-state index contributed by atoms with van der Waals surface area (Å²) in [6.07, 6.45) is 1.08. The van der Waals surface area contributed by atoms with Crippen molar-refractivity contribution in [3.8, 4) is 0 Å². The van der Waals surface area contributed by atoms with E-state index in [2.05, 4.69) is 53.6 Å². The number of nitrogens with one attached hydrogen (secondary N) is 2. The van der Waals surface area contributed by atoms with Gasteiger partial charge >= 0.3 is 0 Å². The van der Waals surface area contributed by atoms with Gasteiger partial charge in [-0.05, 0) is 18.6 Å². The number of aryl methyl sites for hydroxylation is 1. The van der Waals surface area contributed by atoms with Crippen LogP contribution in [0.25, 0.3) is 0 Å². The fourth-order valence-electron chi connectivity index (χ4n) is 1.77. The van der Waals surface area contributed by atoms with Gasteiger partial charge in [0, 0.05) is 21.7 Å². The highest BCUT2D eigenvalue weighted by Gasteiger charge is 2.08. The van der Waals surface area contributed by atoms with Crippen LogP contribution in [0.3, 0.4) is 0 Å². The Morgan fingerprint density at radius 2 is 1.90 bits per heavy atom. The smallest absolute Gasteiger partial charge is 0.145 e. The minimum atomic E-state index is 0.261. The van der Waals surface area contributed by atoms with Gasteiger partial charge in [-0.15, -0.1) is 11.3 Å². The summed E-state index contributed by atoms with van der Waals surface area (Å²) in [6.45, 7) is 7.06. The summed E-state index contributed by atoms with van der Waals surface area (Å²) in [4.78, 5) is 11.5. The molecule has 20 heavy (non-hydrogen) atoms. The summed E-state index contributed by atoms with van der Waals surface area (Å²) in [7, 11) is 0.